The van der Waals surface area contributed by atoms with Crippen LogP contribution in [0.3, 0.4) is 0 Å². The maximum absolute atomic E-state index is 10.8. The molecule has 0 aliphatic rings. The Kier molecular flexibility index (Phi) is 3.95. The molecule has 0 aliphatic carbocycles. The predicted octanol–water partition coefficient (Wildman–Crippen LogP) is 1.80. The SMILES string of the molecule is COC(=O)CNc1ccc(Cl)c(C#N)c1. The van der Waals surface area contributed by atoms with Gasteiger partial charge >= 0.3 is 5.97 Å². The zero-order chi connectivity index (χ0) is 11.3. The van der Waals surface area contributed by atoms with E-state index < -0.39 is 0 Å². The molecule has 1 N–H and O–H groups in total. The maximum atomic E-state index is 10.8. The van der Waals surface area contributed by atoms with Gasteiger partial charge in [0.05, 0.1) is 17.7 Å². The second-order valence-corrected chi connectivity index (χ2v) is 3.14. The largest absolute Gasteiger partial charge is 0.468 e. The first kappa shape index (κ1) is 11.3. The summed E-state index contributed by atoms with van der Waals surface area (Å²) >= 11 is 5.74. The summed E-state index contributed by atoms with van der Waals surface area (Å²) in [4.78, 5) is 10.8. The molecule has 0 saturated carbocycles. The molecule has 0 heterocycles. The first-order valence-electron chi connectivity index (χ1n) is 4.17. The van der Waals surface area contributed by atoms with Crippen LogP contribution in [0.4, 0.5) is 5.69 Å². The number of carbonyl (C=O) groups is 1. The molecule has 15 heavy (non-hydrogen) atoms. The van der Waals surface area contributed by atoms with Crippen molar-refractivity contribution >= 4 is 23.3 Å². The van der Waals surface area contributed by atoms with Crippen LogP contribution in [0.1, 0.15) is 5.56 Å². The fourth-order valence-electron chi connectivity index (χ4n) is 0.967. The third-order valence-corrected chi connectivity index (χ3v) is 2.08. The highest BCUT2D eigenvalue weighted by molar-refractivity contribution is 6.31. The van der Waals surface area contributed by atoms with Gasteiger partial charge in [-0.15, -0.1) is 0 Å². The highest BCUT2D eigenvalue weighted by atomic mass is 35.5. The van der Waals surface area contributed by atoms with E-state index in [4.69, 9.17) is 16.9 Å². The van der Waals surface area contributed by atoms with Crippen LogP contribution in [0, 0.1) is 11.3 Å². The number of hydrogen-bond donors (Lipinski definition) is 1. The van der Waals surface area contributed by atoms with Crippen LogP contribution in [-0.2, 0) is 9.53 Å². The van der Waals surface area contributed by atoms with E-state index in [1.54, 1.807) is 18.2 Å². The number of anilines is 1. The number of benzene rings is 1. The molecule has 0 saturated heterocycles. The number of esters is 1. The van der Waals surface area contributed by atoms with Gasteiger partial charge in [0.15, 0.2) is 0 Å². The standard InChI is InChI=1S/C10H9ClN2O2/c1-15-10(14)6-13-8-2-3-9(11)7(4-8)5-12/h2-4,13H,6H2,1H3. The molecule has 0 bridgehead atoms. The summed E-state index contributed by atoms with van der Waals surface area (Å²) < 4.78 is 4.46. The van der Waals surface area contributed by atoms with Crippen LogP contribution in [0.2, 0.25) is 5.02 Å². The van der Waals surface area contributed by atoms with Crippen molar-refractivity contribution in [3.05, 3.63) is 28.8 Å². The summed E-state index contributed by atoms with van der Waals surface area (Å²) in [5.41, 5.74) is 1.02. The predicted molar refractivity (Wildman–Crippen MR) is 56.7 cm³/mol. The van der Waals surface area contributed by atoms with Gasteiger partial charge in [0.1, 0.15) is 12.6 Å². The Labute approximate surface area is 92.4 Å². The molecule has 0 aromatic heterocycles. The molecule has 0 aliphatic heterocycles. The number of methoxy groups -OCH3 is 1. The van der Waals surface area contributed by atoms with Crippen LogP contribution < -0.4 is 5.32 Å². The smallest absolute Gasteiger partial charge is 0.325 e. The second kappa shape index (κ2) is 5.23. The summed E-state index contributed by atoms with van der Waals surface area (Å²) in [5, 5.41) is 11.9. The van der Waals surface area contributed by atoms with Crippen LogP contribution in [0.25, 0.3) is 0 Å². The lowest BCUT2D eigenvalue weighted by molar-refractivity contribution is -0.138. The lowest BCUT2D eigenvalue weighted by Gasteiger charge is -2.05. The second-order valence-electron chi connectivity index (χ2n) is 2.74. The van der Waals surface area contributed by atoms with Gasteiger partial charge in [-0.05, 0) is 18.2 Å². The molecule has 1 rings (SSSR count). The average Bonchev–Trinajstić information content (AvgIpc) is 2.27. The van der Waals surface area contributed by atoms with Gasteiger partial charge in [0.25, 0.3) is 0 Å². The number of hydrogen-bond acceptors (Lipinski definition) is 4. The first-order valence-corrected chi connectivity index (χ1v) is 4.55. The van der Waals surface area contributed by atoms with E-state index in [9.17, 15) is 4.79 Å². The number of rotatable bonds is 3. The van der Waals surface area contributed by atoms with Crippen LogP contribution >= 0.6 is 11.6 Å². The number of ether oxygens (including phenoxy) is 1. The molecule has 0 radical (unpaired) electrons. The fourth-order valence-corrected chi connectivity index (χ4v) is 1.13. The number of carbonyl (C=O) groups excluding carboxylic acids is 1. The Balaban J connectivity index is 2.71. The van der Waals surface area contributed by atoms with Gasteiger partial charge in [-0.1, -0.05) is 11.6 Å². The van der Waals surface area contributed by atoms with Crippen LogP contribution in [0.15, 0.2) is 18.2 Å². The van der Waals surface area contributed by atoms with Gasteiger partial charge in [-0.2, -0.15) is 5.26 Å². The third kappa shape index (κ3) is 3.15. The van der Waals surface area contributed by atoms with Crippen molar-refractivity contribution in [1.82, 2.24) is 0 Å². The molecule has 0 spiro atoms. The third-order valence-electron chi connectivity index (χ3n) is 1.75. The number of nitriles is 1. The summed E-state index contributed by atoms with van der Waals surface area (Å²) in [6.45, 7) is 0.0585. The normalized spacial score (nSPS) is 9.13. The minimum Gasteiger partial charge on any atom is -0.468 e. The molecule has 78 valence electrons. The number of halogens is 1. The highest BCUT2D eigenvalue weighted by Crippen LogP contribution is 2.19. The molecule has 0 fully saturated rings. The topological polar surface area (TPSA) is 62.1 Å². The van der Waals surface area contributed by atoms with E-state index in [1.807, 2.05) is 6.07 Å². The van der Waals surface area contributed by atoms with E-state index >= 15 is 0 Å². The summed E-state index contributed by atoms with van der Waals surface area (Å²) in [7, 11) is 1.31. The van der Waals surface area contributed by atoms with E-state index in [1.165, 1.54) is 7.11 Å². The van der Waals surface area contributed by atoms with Gasteiger partial charge < -0.3 is 10.1 Å². The Morgan fingerprint density at radius 2 is 2.40 bits per heavy atom. The molecule has 1 aromatic carbocycles. The van der Waals surface area contributed by atoms with E-state index in [2.05, 4.69) is 10.1 Å². The number of nitrogens with one attached hydrogen (secondary N) is 1. The van der Waals surface area contributed by atoms with Crippen molar-refractivity contribution in [2.45, 2.75) is 0 Å². The van der Waals surface area contributed by atoms with Crippen LogP contribution in [-0.4, -0.2) is 19.6 Å². The zero-order valence-corrected chi connectivity index (χ0v) is 8.84. The molecule has 4 nitrogen and oxygen atoms in total. The zero-order valence-electron chi connectivity index (χ0n) is 8.08. The lowest BCUT2D eigenvalue weighted by Crippen LogP contribution is -2.14. The summed E-state index contributed by atoms with van der Waals surface area (Å²) in [6, 6.07) is 6.81. The Morgan fingerprint density at radius 1 is 1.67 bits per heavy atom. The first-order chi connectivity index (χ1) is 7.17. The van der Waals surface area contributed by atoms with Crippen molar-refractivity contribution in [3.8, 4) is 6.07 Å². The van der Waals surface area contributed by atoms with Crippen molar-refractivity contribution in [1.29, 1.82) is 5.26 Å². The summed E-state index contributed by atoms with van der Waals surface area (Å²) in [6.07, 6.45) is 0. The molecule has 0 atom stereocenters. The van der Waals surface area contributed by atoms with E-state index in [0.717, 1.165) is 0 Å². The Morgan fingerprint density at radius 3 is 3.00 bits per heavy atom. The molecule has 1 aromatic rings. The molecule has 0 amide bonds. The number of nitrogens with zero attached hydrogens (tertiary/aromatic N) is 1. The quantitative estimate of drug-likeness (QED) is 0.796. The average molecular weight is 225 g/mol. The highest BCUT2D eigenvalue weighted by Gasteiger charge is 2.03. The monoisotopic (exact) mass is 224 g/mol. The lowest BCUT2D eigenvalue weighted by atomic mass is 10.2. The minimum absolute atomic E-state index is 0.0585. The van der Waals surface area contributed by atoms with Crippen molar-refractivity contribution < 1.29 is 9.53 Å². The molecule has 5 heteroatoms. The Hall–Kier alpha value is -1.73. The molecule has 0 unspecified atom stereocenters. The van der Waals surface area contributed by atoms with E-state index in [0.29, 0.717) is 16.3 Å². The van der Waals surface area contributed by atoms with Crippen molar-refractivity contribution in [3.63, 3.8) is 0 Å². The Bertz CT molecular complexity index is 412. The van der Waals surface area contributed by atoms with Gasteiger partial charge in [-0.3, -0.25) is 4.79 Å². The van der Waals surface area contributed by atoms with Crippen molar-refractivity contribution in [2.24, 2.45) is 0 Å². The molecular weight excluding hydrogens is 216 g/mol. The fraction of sp³-hybridized carbons (Fsp3) is 0.200. The van der Waals surface area contributed by atoms with Crippen molar-refractivity contribution in [2.75, 3.05) is 19.0 Å². The van der Waals surface area contributed by atoms with Gasteiger partial charge in [-0.25, -0.2) is 0 Å². The van der Waals surface area contributed by atoms with Crippen LogP contribution in [0.5, 0.6) is 0 Å². The van der Waals surface area contributed by atoms with E-state index in [-0.39, 0.29) is 12.5 Å². The summed E-state index contributed by atoms with van der Waals surface area (Å²) in [5.74, 6) is -0.372. The molecular formula is C10H9ClN2O2. The maximum Gasteiger partial charge on any atom is 0.325 e. The van der Waals surface area contributed by atoms with Gasteiger partial charge in [0, 0.05) is 5.69 Å². The van der Waals surface area contributed by atoms with Gasteiger partial charge in [0.2, 0.25) is 0 Å². The minimum atomic E-state index is -0.372.